The Balaban J connectivity index is 0.000000336. The third-order valence-corrected chi connectivity index (χ3v) is 8.61. The van der Waals surface area contributed by atoms with E-state index in [4.69, 9.17) is 20.2 Å². The summed E-state index contributed by atoms with van der Waals surface area (Å²) in [5.41, 5.74) is 0.898. The van der Waals surface area contributed by atoms with Crippen LogP contribution in [0.5, 0.6) is 11.5 Å². The third-order valence-electron chi connectivity index (χ3n) is 5.47. The van der Waals surface area contributed by atoms with Crippen molar-refractivity contribution in [2.75, 3.05) is 14.2 Å². The number of hydrogen-bond acceptors (Lipinski definition) is 8. The van der Waals surface area contributed by atoms with Gasteiger partial charge in [0.25, 0.3) is 9.05 Å². The van der Waals surface area contributed by atoms with Gasteiger partial charge in [0.2, 0.25) is 21.1 Å². The molecule has 2 aromatic heterocycles. The smallest absolute Gasteiger partial charge is 0.262 e. The average Bonchev–Trinajstić information content (AvgIpc) is 2.94. The fraction of sp³-hybridized carbons (Fsp3) is 0.154. The van der Waals surface area contributed by atoms with Crippen LogP contribution in [0.4, 0.5) is 0 Å². The van der Waals surface area contributed by atoms with Crippen LogP contribution in [0.15, 0.2) is 105 Å². The van der Waals surface area contributed by atoms with E-state index in [0.29, 0.717) is 11.5 Å². The van der Waals surface area contributed by atoms with Crippen LogP contribution in [-0.2, 0) is 32.2 Å². The first-order valence-corrected chi connectivity index (χ1v) is 15.3. The Morgan fingerprint density at radius 2 is 1.05 bits per heavy atom. The van der Waals surface area contributed by atoms with Crippen LogP contribution >= 0.6 is 10.7 Å². The molecule has 40 heavy (non-hydrogen) atoms. The normalized spacial score (nSPS) is 11.4. The molecule has 212 valence electrons. The molecule has 0 unspecified atom stereocenters. The summed E-state index contributed by atoms with van der Waals surface area (Å²) >= 11 is 0. The molecule has 0 fully saturated rings. The number of aromatic nitrogens is 2. The molecule has 0 aliphatic rings. The molecule has 4 aromatic rings. The lowest BCUT2D eigenvalue weighted by atomic mass is 10.2. The van der Waals surface area contributed by atoms with Gasteiger partial charge < -0.3 is 19.4 Å². The standard InChI is InChI=1S/C21H22N2O5S.C5H4ClNO3S/c1-27-18-7-3-16(4-8-18)14-23(15-17-5-9-19(28-2)10-6-17)29(25,26)20-11-12-21(24)22-13-20;6-11(9,10)4-1-2-5(8)7-3-4/h3-13H,14-15H2,1-2H3,(H,22,24);1-3H,(H,7,8). The van der Waals surface area contributed by atoms with Crippen molar-refractivity contribution >= 4 is 29.8 Å². The summed E-state index contributed by atoms with van der Waals surface area (Å²) in [6.45, 7) is 0.328. The van der Waals surface area contributed by atoms with Gasteiger partial charge in [-0.15, -0.1) is 0 Å². The zero-order valence-corrected chi connectivity index (χ0v) is 23.8. The van der Waals surface area contributed by atoms with Gasteiger partial charge in [0.05, 0.1) is 24.0 Å². The van der Waals surface area contributed by atoms with Crippen molar-refractivity contribution < 1.29 is 26.3 Å². The number of H-pyrrole nitrogens is 2. The molecule has 2 aromatic carbocycles. The maximum Gasteiger partial charge on any atom is 0.262 e. The van der Waals surface area contributed by atoms with E-state index >= 15 is 0 Å². The number of halogens is 1. The highest BCUT2D eigenvalue weighted by atomic mass is 35.7. The van der Waals surface area contributed by atoms with Crippen molar-refractivity contribution in [3.05, 3.63) is 117 Å². The molecule has 2 N–H and O–H groups in total. The quantitative estimate of drug-likeness (QED) is 0.275. The molecule has 0 aliphatic carbocycles. The summed E-state index contributed by atoms with van der Waals surface area (Å²) in [4.78, 5) is 26.3. The summed E-state index contributed by atoms with van der Waals surface area (Å²) < 4.78 is 59.4. The second-order valence-electron chi connectivity index (χ2n) is 8.18. The van der Waals surface area contributed by atoms with E-state index in [0.717, 1.165) is 29.5 Å². The molecule has 0 atom stereocenters. The lowest BCUT2D eigenvalue weighted by Gasteiger charge is -2.22. The number of nitrogens with zero attached hydrogens (tertiary/aromatic N) is 1. The zero-order chi connectivity index (χ0) is 29.3. The van der Waals surface area contributed by atoms with Crippen LogP contribution < -0.4 is 20.6 Å². The number of aromatic amines is 2. The number of methoxy groups -OCH3 is 2. The Bertz CT molecular complexity index is 1660. The van der Waals surface area contributed by atoms with Crippen LogP contribution in [0.2, 0.25) is 0 Å². The van der Waals surface area contributed by atoms with Crippen LogP contribution in [-0.4, -0.2) is 45.3 Å². The Labute approximate surface area is 235 Å². The lowest BCUT2D eigenvalue weighted by molar-refractivity contribution is 0.397. The molecule has 0 radical (unpaired) electrons. The maximum atomic E-state index is 13.3. The highest BCUT2D eigenvalue weighted by Gasteiger charge is 2.25. The van der Waals surface area contributed by atoms with E-state index in [2.05, 4.69) is 9.97 Å². The van der Waals surface area contributed by atoms with Gasteiger partial charge in [0.1, 0.15) is 11.5 Å². The summed E-state index contributed by atoms with van der Waals surface area (Å²) in [7, 11) is 0.549. The average molecular weight is 608 g/mol. The minimum atomic E-state index is -3.84. The second-order valence-corrected chi connectivity index (χ2v) is 12.7. The molecular formula is C26H26ClN3O8S2. The molecule has 14 heteroatoms. The van der Waals surface area contributed by atoms with Crippen molar-refractivity contribution in [3.8, 4) is 11.5 Å². The predicted molar refractivity (Wildman–Crippen MR) is 150 cm³/mol. The molecule has 0 saturated carbocycles. The largest absolute Gasteiger partial charge is 0.497 e. The molecule has 0 saturated heterocycles. The Morgan fingerprint density at radius 1 is 0.650 bits per heavy atom. The molecule has 4 rings (SSSR count). The minimum absolute atomic E-state index is 0.0270. The highest BCUT2D eigenvalue weighted by molar-refractivity contribution is 8.13. The Kier molecular flexibility index (Phi) is 10.3. The first-order valence-electron chi connectivity index (χ1n) is 11.5. The van der Waals surface area contributed by atoms with Crippen molar-refractivity contribution in [3.63, 3.8) is 0 Å². The molecule has 11 nitrogen and oxygen atoms in total. The topological polar surface area (TPSA) is 156 Å². The van der Waals surface area contributed by atoms with Crippen molar-refractivity contribution in [1.82, 2.24) is 14.3 Å². The number of hydrogen-bond donors (Lipinski definition) is 2. The van der Waals surface area contributed by atoms with Gasteiger partial charge in [-0.05, 0) is 47.5 Å². The number of ether oxygens (including phenoxy) is 2. The van der Waals surface area contributed by atoms with E-state index in [1.165, 1.54) is 22.6 Å². The van der Waals surface area contributed by atoms with E-state index in [9.17, 15) is 26.4 Å². The first kappa shape index (κ1) is 30.6. The molecule has 0 aliphatic heterocycles. The van der Waals surface area contributed by atoms with Crippen molar-refractivity contribution in [2.45, 2.75) is 22.9 Å². The molecule has 0 bridgehead atoms. The number of rotatable bonds is 9. The number of benzene rings is 2. The van der Waals surface area contributed by atoms with Gasteiger partial charge in [-0.3, -0.25) is 9.59 Å². The predicted octanol–water partition coefficient (Wildman–Crippen LogP) is 3.09. The number of sulfonamides is 1. The Morgan fingerprint density at radius 3 is 1.38 bits per heavy atom. The number of pyridine rings is 2. The van der Waals surface area contributed by atoms with E-state index in [-0.39, 0.29) is 34.0 Å². The van der Waals surface area contributed by atoms with Gasteiger partial charge in [-0.25, -0.2) is 16.8 Å². The summed E-state index contributed by atoms with van der Waals surface area (Å²) in [5.74, 6) is 1.39. The maximum absolute atomic E-state index is 13.3. The summed E-state index contributed by atoms with van der Waals surface area (Å²) in [6.07, 6.45) is 2.26. The van der Waals surface area contributed by atoms with Crippen LogP contribution in [0.1, 0.15) is 11.1 Å². The van der Waals surface area contributed by atoms with Crippen LogP contribution in [0.25, 0.3) is 0 Å². The molecule has 0 spiro atoms. The third kappa shape index (κ3) is 8.55. The second kappa shape index (κ2) is 13.4. The fourth-order valence-corrected chi connectivity index (χ4v) is 5.45. The Hall–Kier alpha value is -3.91. The van der Waals surface area contributed by atoms with E-state index < -0.39 is 19.1 Å². The van der Waals surface area contributed by atoms with Gasteiger partial charge in [-0.1, -0.05) is 24.3 Å². The van der Waals surface area contributed by atoms with E-state index in [1.54, 1.807) is 38.5 Å². The molecule has 0 amide bonds. The summed E-state index contributed by atoms with van der Waals surface area (Å²) in [5, 5.41) is 0. The lowest BCUT2D eigenvalue weighted by Crippen LogP contribution is -2.30. The highest BCUT2D eigenvalue weighted by Crippen LogP contribution is 2.22. The van der Waals surface area contributed by atoms with Gasteiger partial charge >= 0.3 is 0 Å². The van der Waals surface area contributed by atoms with Gasteiger partial charge in [-0.2, -0.15) is 4.31 Å². The molecule has 2 heterocycles. The van der Waals surface area contributed by atoms with Crippen LogP contribution in [0.3, 0.4) is 0 Å². The van der Waals surface area contributed by atoms with Crippen molar-refractivity contribution in [1.29, 1.82) is 0 Å². The van der Waals surface area contributed by atoms with Gasteiger partial charge in [0.15, 0.2) is 0 Å². The SMILES string of the molecule is COc1ccc(CN(Cc2ccc(OC)cc2)S(=O)(=O)c2ccc(=O)[nH]c2)cc1.O=c1ccc(S(=O)(=O)Cl)c[nH]1. The van der Waals surface area contributed by atoms with Crippen molar-refractivity contribution in [2.24, 2.45) is 0 Å². The first-order chi connectivity index (χ1) is 18.9. The monoisotopic (exact) mass is 607 g/mol. The van der Waals surface area contributed by atoms with E-state index in [1.807, 2.05) is 24.3 Å². The number of nitrogens with one attached hydrogen (secondary N) is 2. The summed E-state index contributed by atoms with van der Waals surface area (Å²) in [6, 6.07) is 19.2. The zero-order valence-electron chi connectivity index (χ0n) is 21.4. The fourth-order valence-electron chi connectivity index (χ4n) is 3.35. The molecular weight excluding hydrogens is 582 g/mol. The minimum Gasteiger partial charge on any atom is -0.497 e. The van der Waals surface area contributed by atoms with Crippen LogP contribution in [0, 0.1) is 0 Å². The van der Waals surface area contributed by atoms with Gasteiger partial charge in [0, 0.05) is 48.3 Å².